The fourth-order valence-corrected chi connectivity index (χ4v) is 3.88. The van der Waals surface area contributed by atoms with Gasteiger partial charge in [0.25, 0.3) is 5.91 Å². The van der Waals surface area contributed by atoms with Crippen molar-refractivity contribution in [2.24, 2.45) is 0 Å². The molecule has 1 aliphatic heterocycles. The zero-order valence-corrected chi connectivity index (χ0v) is 13.8. The summed E-state index contributed by atoms with van der Waals surface area (Å²) in [5.41, 5.74) is 1.84. The first kappa shape index (κ1) is 14.9. The van der Waals surface area contributed by atoms with E-state index >= 15 is 0 Å². The lowest BCUT2D eigenvalue weighted by Crippen LogP contribution is -2.38. The van der Waals surface area contributed by atoms with E-state index in [0.29, 0.717) is 17.1 Å². The normalized spacial score (nSPS) is 17.0. The van der Waals surface area contributed by atoms with E-state index in [2.05, 4.69) is 18.4 Å². The number of ether oxygens (including phenoxy) is 2. The second kappa shape index (κ2) is 6.01. The van der Waals surface area contributed by atoms with E-state index < -0.39 is 0 Å². The van der Waals surface area contributed by atoms with Crippen molar-refractivity contribution in [2.75, 3.05) is 20.8 Å². The number of hydrogen-bond donors (Lipinski definition) is 0. The lowest BCUT2D eigenvalue weighted by atomic mass is 10.00. The summed E-state index contributed by atoms with van der Waals surface area (Å²) in [6.45, 7) is 2.82. The van der Waals surface area contributed by atoms with Crippen molar-refractivity contribution in [3.05, 3.63) is 45.6 Å². The van der Waals surface area contributed by atoms with Gasteiger partial charge < -0.3 is 14.4 Å². The number of fused-ring (bicyclic) bond motifs is 1. The van der Waals surface area contributed by atoms with Crippen molar-refractivity contribution >= 4 is 17.2 Å². The van der Waals surface area contributed by atoms with Gasteiger partial charge in [0, 0.05) is 17.5 Å². The molecule has 0 N–H and O–H groups in total. The van der Waals surface area contributed by atoms with Gasteiger partial charge in [-0.2, -0.15) is 0 Å². The zero-order chi connectivity index (χ0) is 15.7. The maximum atomic E-state index is 12.9. The van der Waals surface area contributed by atoms with Gasteiger partial charge in [0.1, 0.15) is 11.5 Å². The minimum atomic E-state index is 0.00357. The number of hydrogen-bond acceptors (Lipinski definition) is 4. The van der Waals surface area contributed by atoms with Crippen LogP contribution in [0.15, 0.2) is 29.6 Å². The first-order valence-electron chi connectivity index (χ1n) is 7.25. The average Bonchev–Trinajstić information content (AvgIpc) is 3.03. The number of methoxy groups -OCH3 is 2. The Balaban J connectivity index is 1.92. The minimum absolute atomic E-state index is 0.00357. The molecule has 2 aromatic rings. The van der Waals surface area contributed by atoms with Crippen LogP contribution in [0.4, 0.5) is 0 Å². The Labute approximate surface area is 134 Å². The molecule has 5 heteroatoms. The van der Waals surface area contributed by atoms with Crippen molar-refractivity contribution in [1.82, 2.24) is 4.90 Å². The van der Waals surface area contributed by atoms with Crippen LogP contribution in [0.3, 0.4) is 0 Å². The topological polar surface area (TPSA) is 38.8 Å². The highest BCUT2D eigenvalue weighted by atomic mass is 32.1. The monoisotopic (exact) mass is 317 g/mol. The van der Waals surface area contributed by atoms with E-state index in [0.717, 1.165) is 13.0 Å². The van der Waals surface area contributed by atoms with Gasteiger partial charge in [0.15, 0.2) is 0 Å². The first-order valence-corrected chi connectivity index (χ1v) is 8.13. The van der Waals surface area contributed by atoms with E-state index in [9.17, 15) is 4.79 Å². The van der Waals surface area contributed by atoms with Crippen LogP contribution in [-0.2, 0) is 6.42 Å². The Kier molecular flexibility index (Phi) is 4.07. The van der Waals surface area contributed by atoms with Crippen LogP contribution < -0.4 is 9.47 Å². The van der Waals surface area contributed by atoms with Crippen molar-refractivity contribution in [2.45, 2.75) is 19.4 Å². The summed E-state index contributed by atoms with van der Waals surface area (Å²) in [7, 11) is 3.17. The van der Waals surface area contributed by atoms with Crippen LogP contribution in [0.2, 0.25) is 0 Å². The SMILES string of the molecule is COc1ccc(C(=O)N2CCc3sccc3C2C)c(OC)c1. The smallest absolute Gasteiger partial charge is 0.258 e. The predicted molar refractivity (Wildman–Crippen MR) is 87.0 cm³/mol. The molecule has 0 bridgehead atoms. The quantitative estimate of drug-likeness (QED) is 0.869. The maximum absolute atomic E-state index is 12.9. The Morgan fingerprint density at radius 1 is 1.27 bits per heavy atom. The molecule has 0 saturated heterocycles. The van der Waals surface area contributed by atoms with E-state index in [1.807, 2.05) is 4.90 Å². The molecule has 2 heterocycles. The molecule has 1 aliphatic rings. The highest BCUT2D eigenvalue weighted by Crippen LogP contribution is 2.35. The summed E-state index contributed by atoms with van der Waals surface area (Å²) in [6, 6.07) is 7.53. The van der Waals surface area contributed by atoms with Gasteiger partial charge in [-0.3, -0.25) is 4.79 Å². The molecule has 1 amide bonds. The molecule has 0 aliphatic carbocycles. The van der Waals surface area contributed by atoms with Gasteiger partial charge >= 0.3 is 0 Å². The standard InChI is InChI=1S/C17H19NO3S/c1-11-13-7-9-22-16(13)6-8-18(11)17(19)14-5-4-12(20-2)10-15(14)21-3/h4-5,7,9-11H,6,8H2,1-3H3. The van der Waals surface area contributed by atoms with Gasteiger partial charge in [0.2, 0.25) is 0 Å². The molecule has 0 saturated carbocycles. The molecule has 1 unspecified atom stereocenters. The summed E-state index contributed by atoms with van der Waals surface area (Å²) in [4.78, 5) is 16.2. The van der Waals surface area contributed by atoms with Gasteiger partial charge in [-0.15, -0.1) is 11.3 Å². The third kappa shape index (κ3) is 2.46. The number of nitrogens with zero attached hydrogens (tertiary/aromatic N) is 1. The van der Waals surface area contributed by atoms with Crippen LogP contribution >= 0.6 is 11.3 Å². The second-order valence-corrected chi connectivity index (χ2v) is 6.29. The number of carbonyl (C=O) groups is 1. The molecule has 0 fully saturated rings. The predicted octanol–water partition coefficient (Wildman–Crippen LogP) is 3.52. The molecule has 1 atom stereocenters. The molecule has 22 heavy (non-hydrogen) atoms. The molecule has 1 aromatic carbocycles. The van der Waals surface area contributed by atoms with Crippen LogP contribution in [-0.4, -0.2) is 31.6 Å². The Morgan fingerprint density at radius 2 is 2.09 bits per heavy atom. The number of rotatable bonds is 3. The molecule has 116 valence electrons. The second-order valence-electron chi connectivity index (χ2n) is 5.29. The zero-order valence-electron chi connectivity index (χ0n) is 13.0. The fourth-order valence-electron chi connectivity index (χ4n) is 2.92. The van der Waals surface area contributed by atoms with Crippen molar-refractivity contribution in [1.29, 1.82) is 0 Å². The summed E-state index contributed by atoms with van der Waals surface area (Å²) < 4.78 is 10.6. The lowest BCUT2D eigenvalue weighted by molar-refractivity contribution is 0.0676. The molecule has 3 rings (SSSR count). The van der Waals surface area contributed by atoms with Gasteiger partial charge in [-0.05, 0) is 42.5 Å². The fraction of sp³-hybridized carbons (Fsp3) is 0.353. The summed E-state index contributed by atoms with van der Waals surface area (Å²) in [5.74, 6) is 1.23. The Bertz CT molecular complexity index is 695. The summed E-state index contributed by atoms with van der Waals surface area (Å²) in [6.07, 6.45) is 0.918. The van der Waals surface area contributed by atoms with Gasteiger partial charge in [-0.25, -0.2) is 0 Å². The first-order chi connectivity index (χ1) is 10.7. The third-order valence-corrected chi connectivity index (χ3v) is 5.17. The molecule has 1 aromatic heterocycles. The maximum Gasteiger partial charge on any atom is 0.258 e. The van der Waals surface area contributed by atoms with Crippen LogP contribution in [0, 0.1) is 0 Å². The largest absolute Gasteiger partial charge is 0.497 e. The Morgan fingerprint density at radius 3 is 2.82 bits per heavy atom. The highest BCUT2D eigenvalue weighted by molar-refractivity contribution is 7.10. The van der Waals surface area contributed by atoms with E-state index in [1.165, 1.54) is 10.4 Å². The van der Waals surface area contributed by atoms with Crippen molar-refractivity contribution < 1.29 is 14.3 Å². The molecule has 0 radical (unpaired) electrons. The average molecular weight is 317 g/mol. The highest BCUT2D eigenvalue weighted by Gasteiger charge is 2.30. The van der Waals surface area contributed by atoms with Gasteiger partial charge in [0.05, 0.1) is 25.8 Å². The molecule has 0 spiro atoms. The van der Waals surface area contributed by atoms with Crippen LogP contribution in [0.25, 0.3) is 0 Å². The van der Waals surface area contributed by atoms with Crippen molar-refractivity contribution in [3.63, 3.8) is 0 Å². The number of carbonyl (C=O) groups excluding carboxylic acids is 1. The molecule has 4 nitrogen and oxygen atoms in total. The molecular weight excluding hydrogens is 298 g/mol. The van der Waals surface area contributed by atoms with Crippen LogP contribution in [0.5, 0.6) is 11.5 Å². The van der Waals surface area contributed by atoms with E-state index in [4.69, 9.17) is 9.47 Å². The van der Waals surface area contributed by atoms with Gasteiger partial charge in [-0.1, -0.05) is 0 Å². The third-order valence-electron chi connectivity index (χ3n) is 4.18. The number of benzene rings is 1. The Hall–Kier alpha value is -2.01. The van der Waals surface area contributed by atoms with E-state index in [1.54, 1.807) is 43.8 Å². The molecular formula is C17H19NO3S. The lowest BCUT2D eigenvalue weighted by Gasteiger charge is -2.34. The minimum Gasteiger partial charge on any atom is -0.497 e. The van der Waals surface area contributed by atoms with Crippen molar-refractivity contribution in [3.8, 4) is 11.5 Å². The number of amides is 1. The number of thiophene rings is 1. The summed E-state index contributed by atoms with van der Waals surface area (Å²) >= 11 is 1.77. The summed E-state index contributed by atoms with van der Waals surface area (Å²) in [5, 5.41) is 2.10. The van der Waals surface area contributed by atoms with E-state index in [-0.39, 0.29) is 11.9 Å². The van der Waals surface area contributed by atoms with Crippen LogP contribution in [0.1, 0.15) is 33.8 Å².